The van der Waals surface area contributed by atoms with Crippen LogP contribution in [0.3, 0.4) is 0 Å². The van der Waals surface area contributed by atoms with Gasteiger partial charge in [0.1, 0.15) is 5.82 Å². The first-order valence-electron chi connectivity index (χ1n) is 5.14. The highest BCUT2D eigenvalue weighted by Gasteiger charge is 2.02. The van der Waals surface area contributed by atoms with E-state index in [4.69, 9.17) is 17.3 Å². The predicted molar refractivity (Wildman–Crippen MR) is 70.3 cm³/mol. The number of benzene rings is 2. The van der Waals surface area contributed by atoms with Crippen molar-refractivity contribution >= 4 is 28.7 Å². The molecule has 0 spiro atoms. The number of hydrogen-bond donors (Lipinski definition) is 2. The minimum atomic E-state index is -0.223. The number of anilines is 3. The van der Waals surface area contributed by atoms with E-state index >= 15 is 0 Å². The van der Waals surface area contributed by atoms with Crippen LogP contribution in [0.25, 0.3) is 0 Å². The molecule has 0 aromatic heterocycles. The first-order chi connectivity index (χ1) is 8.06. The normalized spacial score (nSPS) is 10.3. The minimum absolute atomic E-state index is 0.223. The summed E-state index contributed by atoms with van der Waals surface area (Å²) < 4.78 is 13.1. The number of hydrogen-bond acceptors (Lipinski definition) is 2. The molecular weight excluding hydrogens is 239 g/mol. The van der Waals surface area contributed by atoms with E-state index in [-0.39, 0.29) is 5.82 Å². The fraction of sp³-hybridized carbons (Fsp3) is 0.0769. The number of aryl methyl sites for hydroxylation is 1. The summed E-state index contributed by atoms with van der Waals surface area (Å²) in [5.41, 5.74) is 8.50. The zero-order valence-electron chi connectivity index (χ0n) is 9.30. The van der Waals surface area contributed by atoms with E-state index in [1.807, 2.05) is 0 Å². The summed E-state index contributed by atoms with van der Waals surface area (Å²) in [6.07, 6.45) is 0. The standard InChI is InChI=1S/C13H12ClFN2/c1-8-6-10(3-4-11(8)15)17-13-5-2-9(14)7-12(13)16/h2-7,17H,16H2,1H3. The van der Waals surface area contributed by atoms with Gasteiger partial charge in [0.25, 0.3) is 0 Å². The third kappa shape index (κ3) is 2.68. The van der Waals surface area contributed by atoms with Crippen LogP contribution in [-0.4, -0.2) is 0 Å². The second-order valence-electron chi connectivity index (χ2n) is 3.82. The van der Waals surface area contributed by atoms with Crippen molar-refractivity contribution in [1.29, 1.82) is 0 Å². The molecule has 3 N–H and O–H groups in total. The molecule has 0 aliphatic carbocycles. The Labute approximate surface area is 104 Å². The highest BCUT2D eigenvalue weighted by Crippen LogP contribution is 2.26. The maximum atomic E-state index is 13.1. The maximum Gasteiger partial charge on any atom is 0.126 e. The van der Waals surface area contributed by atoms with Gasteiger partial charge in [-0.05, 0) is 48.9 Å². The van der Waals surface area contributed by atoms with E-state index in [1.165, 1.54) is 6.07 Å². The van der Waals surface area contributed by atoms with Gasteiger partial charge >= 0.3 is 0 Å². The lowest BCUT2D eigenvalue weighted by Gasteiger charge is -2.10. The van der Waals surface area contributed by atoms with Gasteiger partial charge in [0.05, 0.1) is 11.4 Å². The summed E-state index contributed by atoms with van der Waals surface area (Å²) in [4.78, 5) is 0. The van der Waals surface area contributed by atoms with Gasteiger partial charge < -0.3 is 11.1 Å². The molecule has 17 heavy (non-hydrogen) atoms. The van der Waals surface area contributed by atoms with E-state index in [9.17, 15) is 4.39 Å². The predicted octanol–water partition coefficient (Wildman–Crippen LogP) is 4.11. The molecular formula is C13H12ClFN2. The molecule has 0 saturated carbocycles. The van der Waals surface area contributed by atoms with E-state index < -0.39 is 0 Å². The summed E-state index contributed by atoms with van der Waals surface area (Å²) in [5, 5.41) is 3.70. The van der Waals surface area contributed by atoms with Crippen LogP contribution in [0.1, 0.15) is 5.56 Å². The summed E-state index contributed by atoms with van der Waals surface area (Å²) in [6.45, 7) is 1.71. The maximum absolute atomic E-state index is 13.1. The summed E-state index contributed by atoms with van der Waals surface area (Å²) in [5.74, 6) is -0.223. The fourth-order valence-electron chi connectivity index (χ4n) is 1.53. The Bertz CT molecular complexity index is 555. The molecule has 0 radical (unpaired) electrons. The zero-order chi connectivity index (χ0) is 12.4. The van der Waals surface area contributed by atoms with Crippen molar-refractivity contribution < 1.29 is 4.39 Å². The fourth-order valence-corrected chi connectivity index (χ4v) is 1.71. The number of nitrogens with two attached hydrogens (primary N) is 1. The van der Waals surface area contributed by atoms with Gasteiger partial charge in [0, 0.05) is 10.7 Å². The van der Waals surface area contributed by atoms with Crippen LogP contribution in [-0.2, 0) is 0 Å². The first kappa shape index (κ1) is 11.7. The Morgan fingerprint density at radius 3 is 2.59 bits per heavy atom. The van der Waals surface area contributed by atoms with Gasteiger partial charge in [-0.15, -0.1) is 0 Å². The molecule has 0 unspecified atom stereocenters. The molecule has 2 rings (SSSR count). The third-order valence-corrected chi connectivity index (χ3v) is 2.69. The Balaban J connectivity index is 2.28. The van der Waals surface area contributed by atoms with E-state index in [1.54, 1.807) is 37.3 Å². The van der Waals surface area contributed by atoms with Crippen LogP contribution in [0.4, 0.5) is 21.5 Å². The van der Waals surface area contributed by atoms with Crippen LogP contribution >= 0.6 is 11.6 Å². The topological polar surface area (TPSA) is 38.0 Å². The molecule has 0 heterocycles. The van der Waals surface area contributed by atoms with Gasteiger partial charge in [0.15, 0.2) is 0 Å². The molecule has 2 aromatic carbocycles. The van der Waals surface area contributed by atoms with Gasteiger partial charge in [-0.1, -0.05) is 11.6 Å². The second-order valence-corrected chi connectivity index (χ2v) is 4.26. The molecule has 0 aliphatic rings. The van der Waals surface area contributed by atoms with E-state index in [0.717, 1.165) is 11.4 Å². The van der Waals surface area contributed by atoms with Crippen LogP contribution in [0.2, 0.25) is 5.02 Å². The molecule has 0 amide bonds. The quantitative estimate of drug-likeness (QED) is 0.787. The zero-order valence-corrected chi connectivity index (χ0v) is 10.1. The summed E-state index contributed by atoms with van der Waals surface area (Å²) in [6, 6.07) is 10.0. The molecule has 0 bridgehead atoms. The van der Waals surface area contributed by atoms with Crippen molar-refractivity contribution in [2.24, 2.45) is 0 Å². The Kier molecular flexibility index (Phi) is 3.20. The van der Waals surface area contributed by atoms with Crippen LogP contribution < -0.4 is 11.1 Å². The van der Waals surface area contributed by atoms with Gasteiger partial charge in [0.2, 0.25) is 0 Å². The number of rotatable bonds is 2. The van der Waals surface area contributed by atoms with Gasteiger partial charge in [-0.2, -0.15) is 0 Å². The lowest BCUT2D eigenvalue weighted by molar-refractivity contribution is 0.619. The Morgan fingerprint density at radius 1 is 1.18 bits per heavy atom. The van der Waals surface area contributed by atoms with Crippen molar-refractivity contribution in [2.45, 2.75) is 6.92 Å². The highest BCUT2D eigenvalue weighted by atomic mass is 35.5. The van der Waals surface area contributed by atoms with Crippen LogP contribution in [0.15, 0.2) is 36.4 Å². The summed E-state index contributed by atoms with van der Waals surface area (Å²) >= 11 is 5.81. The van der Waals surface area contributed by atoms with Gasteiger partial charge in [-0.3, -0.25) is 0 Å². The number of halogens is 2. The smallest absolute Gasteiger partial charge is 0.126 e. The lowest BCUT2D eigenvalue weighted by Crippen LogP contribution is -1.96. The molecule has 0 fully saturated rings. The van der Waals surface area contributed by atoms with Crippen molar-refractivity contribution in [1.82, 2.24) is 0 Å². The Morgan fingerprint density at radius 2 is 1.94 bits per heavy atom. The van der Waals surface area contributed by atoms with Crippen molar-refractivity contribution in [3.63, 3.8) is 0 Å². The van der Waals surface area contributed by atoms with Crippen molar-refractivity contribution in [2.75, 3.05) is 11.1 Å². The molecule has 88 valence electrons. The van der Waals surface area contributed by atoms with Crippen molar-refractivity contribution in [3.8, 4) is 0 Å². The average Bonchev–Trinajstić information content (AvgIpc) is 2.27. The minimum Gasteiger partial charge on any atom is -0.397 e. The van der Waals surface area contributed by atoms with E-state index in [0.29, 0.717) is 16.3 Å². The highest BCUT2D eigenvalue weighted by molar-refractivity contribution is 6.31. The SMILES string of the molecule is Cc1cc(Nc2ccc(Cl)cc2N)ccc1F. The van der Waals surface area contributed by atoms with Crippen molar-refractivity contribution in [3.05, 3.63) is 52.8 Å². The summed E-state index contributed by atoms with van der Waals surface area (Å²) in [7, 11) is 0. The molecule has 0 atom stereocenters. The molecule has 4 heteroatoms. The van der Waals surface area contributed by atoms with Crippen LogP contribution in [0, 0.1) is 12.7 Å². The number of nitrogen functional groups attached to an aromatic ring is 1. The van der Waals surface area contributed by atoms with Crippen LogP contribution in [0.5, 0.6) is 0 Å². The largest absolute Gasteiger partial charge is 0.397 e. The third-order valence-electron chi connectivity index (χ3n) is 2.45. The monoisotopic (exact) mass is 250 g/mol. The van der Waals surface area contributed by atoms with E-state index in [2.05, 4.69) is 5.32 Å². The number of nitrogens with one attached hydrogen (secondary N) is 1. The first-order valence-corrected chi connectivity index (χ1v) is 5.52. The molecule has 2 nitrogen and oxygen atoms in total. The second kappa shape index (κ2) is 4.63. The lowest BCUT2D eigenvalue weighted by atomic mass is 10.2. The molecule has 0 aliphatic heterocycles. The Hall–Kier alpha value is -1.74. The molecule has 0 saturated heterocycles. The molecule has 2 aromatic rings. The van der Waals surface area contributed by atoms with Gasteiger partial charge in [-0.25, -0.2) is 4.39 Å². The average molecular weight is 251 g/mol.